The van der Waals surface area contributed by atoms with Gasteiger partial charge in [-0.3, -0.25) is 4.79 Å². The minimum atomic E-state index is -0.187. The van der Waals surface area contributed by atoms with Crippen molar-refractivity contribution in [1.82, 2.24) is 0 Å². The molecule has 1 rings (SSSR count). The van der Waals surface area contributed by atoms with E-state index in [1.807, 2.05) is 0 Å². The highest BCUT2D eigenvalue weighted by Crippen LogP contribution is 2.25. The van der Waals surface area contributed by atoms with Crippen LogP contribution in [0.5, 0.6) is 0 Å². The Kier molecular flexibility index (Phi) is 4.43. The van der Waals surface area contributed by atoms with Crippen molar-refractivity contribution in [2.24, 2.45) is 11.7 Å². The van der Waals surface area contributed by atoms with Crippen LogP contribution >= 0.6 is 0 Å². The SMILES string of the molecule is CCCC(N)C(=O)C1CCCCC1. The zero-order chi connectivity index (χ0) is 9.68. The van der Waals surface area contributed by atoms with Gasteiger partial charge in [-0.05, 0) is 19.3 Å². The molecule has 2 N–H and O–H groups in total. The van der Waals surface area contributed by atoms with Gasteiger partial charge < -0.3 is 5.73 Å². The highest BCUT2D eigenvalue weighted by molar-refractivity contribution is 5.86. The smallest absolute Gasteiger partial charge is 0.152 e. The molecule has 1 aliphatic carbocycles. The van der Waals surface area contributed by atoms with E-state index in [1.165, 1.54) is 19.3 Å². The van der Waals surface area contributed by atoms with E-state index in [9.17, 15) is 4.79 Å². The van der Waals surface area contributed by atoms with E-state index in [1.54, 1.807) is 0 Å². The van der Waals surface area contributed by atoms with E-state index in [2.05, 4.69) is 6.92 Å². The van der Waals surface area contributed by atoms with Gasteiger partial charge >= 0.3 is 0 Å². The van der Waals surface area contributed by atoms with E-state index in [0.29, 0.717) is 5.78 Å². The summed E-state index contributed by atoms with van der Waals surface area (Å²) in [6.07, 6.45) is 7.76. The molecule has 2 nitrogen and oxygen atoms in total. The fourth-order valence-electron chi connectivity index (χ4n) is 2.14. The third kappa shape index (κ3) is 3.11. The fourth-order valence-corrected chi connectivity index (χ4v) is 2.14. The highest BCUT2D eigenvalue weighted by atomic mass is 16.1. The Balaban J connectivity index is 2.36. The van der Waals surface area contributed by atoms with Crippen LogP contribution in [0.2, 0.25) is 0 Å². The van der Waals surface area contributed by atoms with Gasteiger partial charge in [-0.15, -0.1) is 0 Å². The van der Waals surface area contributed by atoms with Gasteiger partial charge in [0.25, 0.3) is 0 Å². The van der Waals surface area contributed by atoms with Crippen LogP contribution in [0.25, 0.3) is 0 Å². The van der Waals surface area contributed by atoms with E-state index in [4.69, 9.17) is 5.73 Å². The summed E-state index contributed by atoms with van der Waals surface area (Å²) >= 11 is 0. The number of Topliss-reactive ketones (excluding diaryl/α,β-unsaturated/α-hetero) is 1. The molecule has 0 aromatic rings. The van der Waals surface area contributed by atoms with Gasteiger partial charge in [-0.25, -0.2) is 0 Å². The molecule has 0 aliphatic heterocycles. The molecule has 0 radical (unpaired) electrons. The lowest BCUT2D eigenvalue weighted by Crippen LogP contribution is -2.36. The normalized spacial score (nSPS) is 21.4. The second-order valence-corrected chi connectivity index (χ2v) is 4.13. The molecule has 1 aliphatic rings. The molecule has 76 valence electrons. The van der Waals surface area contributed by atoms with Crippen molar-refractivity contribution in [2.45, 2.75) is 57.9 Å². The van der Waals surface area contributed by atoms with Crippen LogP contribution in [-0.4, -0.2) is 11.8 Å². The monoisotopic (exact) mass is 183 g/mol. The van der Waals surface area contributed by atoms with E-state index >= 15 is 0 Å². The molecule has 0 saturated heterocycles. The summed E-state index contributed by atoms with van der Waals surface area (Å²) in [5, 5.41) is 0. The van der Waals surface area contributed by atoms with Crippen molar-refractivity contribution in [3.05, 3.63) is 0 Å². The number of rotatable bonds is 4. The lowest BCUT2D eigenvalue weighted by atomic mass is 9.83. The Morgan fingerprint density at radius 1 is 1.38 bits per heavy atom. The molecular formula is C11H21NO. The molecule has 1 saturated carbocycles. The van der Waals surface area contributed by atoms with E-state index in [-0.39, 0.29) is 12.0 Å². The molecule has 13 heavy (non-hydrogen) atoms. The summed E-state index contributed by atoms with van der Waals surface area (Å²) in [7, 11) is 0. The van der Waals surface area contributed by atoms with Gasteiger partial charge in [0.05, 0.1) is 6.04 Å². The number of carbonyl (C=O) groups excluding carboxylic acids is 1. The van der Waals surface area contributed by atoms with Gasteiger partial charge in [0.2, 0.25) is 0 Å². The maximum absolute atomic E-state index is 11.8. The molecule has 2 heteroatoms. The number of carbonyl (C=O) groups is 1. The maximum Gasteiger partial charge on any atom is 0.152 e. The second-order valence-electron chi connectivity index (χ2n) is 4.13. The van der Waals surface area contributed by atoms with Crippen LogP contribution in [0.4, 0.5) is 0 Å². The zero-order valence-electron chi connectivity index (χ0n) is 8.59. The summed E-state index contributed by atoms with van der Waals surface area (Å²) < 4.78 is 0. The molecule has 0 spiro atoms. The minimum Gasteiger partial charge on any atom is -0.321 e. The Morgan fingerprint density at radius 3 is 2.54 bits per heavy atom. The summed E-state index contributed by atoms with van der Waals surface area (Å²) in [5.74, 6) is 0.608. The largest absolute Gasteiger partial charge is 0.321 e. The third-order valence-electron chi connectivity index (χ3n) is 2.97. The topological polar surface area (TPSA) is 43.1 Å². The summed E-state index contributed by atoms with van der Waals surface area (Å²) in [6.45, 7) is 2.08. The van der Waals surface area contributed by atoms with Gasteiger partial charge in [0.1, 0.15) is 0 Å². The number of hydrogen-bond acceptors (Lipinski definition) is 2. The molecular weight excluding hydrogens is 162 g/mol. The van der Waals surface area contributed by atoms with Crippen LogP contribution in [0.1, 0.15) is 51.9 Å². The Bertz CT molecular complexity index is 161. The lowest BCUT2D eigenvalue weighted by Gasteiger charge is -2.23. The first-order valence-electron chi connectivity index (χ1n) is 5.55. The van der Waals surface area contributed by atoms with Crippen molar-refractivity contribution >= 4 is 5.78 Å². The molecule has 0 aromatic heterocycles. The number of nitrogens with two attached hydrogens (primary N) is 1. The zero-order valence-corrected chi connectivity index (χ0v) is 8.59. The number of hydrogen-bond donors (Lipinski definition) is 1. The van der Waals surface area contributed by atoms with Crippen LogP contribution in [0.3, 0.4) is 0 Å². The first kappa shape index (κ1) is 10.7. The van der Waals surface area contributed by atoms with Gasteiger partial charge in [-0.2, -0.15) is 0 Å². The molecule has 1 fully saturated rings. The first-order valence-corrected chi connectivity index (χ1v) is 5.55. The summed E-state index contributed by atoms with van der Waals surface area (Å²) in [6, 6.07) is -0.187. The van der Waals surface area contributed by atoms with Crippen LogP contribution in [-0.2, 0) is 4.79 Å². The average Bonchev–Trinajstić information content (AvgIpc) is 2.18. The molecule has 1 atom stereocenters. The van der Waals surface area contributed by atoms with Crippen molar-refractivity contribution < 1.29 is 4.79 Å². The van der Waals surface area contributed by atoms with Crippen molar-refractivity contribution in [3.8, 4) is 0 Å². The minimum absolute atomic E-state index is 0.187. The van der Waals surface area contributed by atoms with Gasteiger partial charge in [0.15, 0.2) is 5.78 Å². The second kappa shape index (κ2) is 5.38. The summed E-state index contributed by atoms with van der Waals surface area (Å²) in [5.41, 5.74) is 5.81. The average molecular weight is 183 g/mol. The molecule has 0 heterocycles. The lowest BCUT2D eigenvalue weighted by molar-refractivity contribution is -0.125. The van der Waals surface area contributed by atoms with Gasteiger partial charge in [-0.1, -0.05) is 32.6 Å². The van der Waals surface area contributed by atoms with Crippen molar-refractivity contribution in [3.63, 3.8) is 0 Å². The van der Waals surface area contributed by atoms with Crippen LogP contribution in [0.15, 0.2) is 0 Å². The van der Waals surface area contributed by atoms with Crippen molar-refractivity contribution in [2.75, 3.05) is 0 Å². The third-order valence-corrected chi connectivity index (χ3v) is 2.97. The summed E-state index contributed by atoms with van der Waals surface area (Å²) in [4.78, 5) is 11.8. The molecule has 1 unspecified atom stereocenters. The van der Waals surface area contributed by atoms with E-state index in [0.717, 1.165) is 25.7 Å². The van der Waals surface area contributed by atoms with Crippen molar-refractivity contribution in [1.29, 1.82) is 0 Å². The quantitative estimate of drug-likeness (QED) is 0.726. The van der Waals surface area contributed by atoms with Crippen LogP contribution in [0, 0.1) is 5.92 Å². The predicted molar refractivity (Wildman–Crippen MR) is 54.5 cm³/mol. The van der Waals surface area contributed by atoms with Gasteiger partial charge in [0, 0.05) is 5.92 Å². The Morgan fingerprint density at radius 2 is 2.00 bits per heavy atom. The first-order chi connectivity index (χ1) is 6.25. The molecule has 0 bridgehead atoms. The maximum atomic E-state index is 11.8. The standard InChI is InChI=1S/C11H21NO/c1-2-6-10(12)11(13)9-7-4-3-5-8-9/h9-10H,2-8,12H2,1H3. The van der Waals surface area contributed by atoms with Crippen LogP contribution < -0.4 is 5.73 Å². The molecule has 0 amide bonds. The number of ketones is 1. The fraction of sp³-hybridized carbons (Fsp3) is 0.909. The Labute approximate surface area is 80.9 Å². The molecule has 0 aromatic carbocycles. The Hall–Kier alpha value is -0.370. The highest BCUT2D eigenvalue weighted by Gasteiger charge is 2.24. The predicted octanol–water partition coefficient (Wildman–Crippen LogP) is 2.26. The van der Waals surface area contributed by atoms with E-state index < -0.39 is 0 Å².